The normalized spacial score (nSPS) is 12.3. The van der Waals surface area contributed by atoms with Gasteiger partial charge >= 0.3 is 0 Å². The second kappa shape index (κ2) is 6.53. The van der Waals surface area contributed by atoms with Gasteiger partial charge in [0.15, 0.2) is 15.0 Å². The maximum atomic E-state index is 12.6. The number of aromatic nitrogens is 1. The standard InChI is InChI=1S/C16H16N2O5S3/c1-10-8-12(5-7-14(10)23-2)26(21,22)18-16-17-13-6-4-11(25(3,19)20)9-15(13)24-16/h4-9H,1-3H3,(H,17,18). The minimum absolute atomic E-state index is 0.0897. The molecule has 0 aliphatic heterocycles. The second-order valence-electron chi connectivity index (χ2n) is 5.66. The molecule has 0 spiro atoms. The Hall–Kier alpha value is -2.17. The Balaban J connectivity index is 1.96. The van der Waals surface area contributed by atoms with Gasteiger partial charge in [0.05, 0.1) is 27.1 Å². The zero-order valence-electron chi connectivity index (χ0n) is 14.2. The number of hydrogen-bond donors (Lipinski definition) is 1. The number of aryl methyl sites for hydroxylation is 1. The Morgan fingerprint density at radius 1 is 1.04 bits per heavy atom. The fourth-order valence-electron chi connectivity index (χ4n) is 2.37. The monoisotopic (exact) mass is 412 g/mol. The quantitative estimate of drug-likeness (QED) is 0.691. The molecule has 1 aromatic heterocycles. The van der Waals surface area contributed by atoms with Crippen LogP contribution in [0.5, 0.6) is 5.75 Å². The van der Waals surface area contributed by atoms with Gasteiger partial charge in [-0.2, -0.15) is 0 Å². The Morgan fingerprint density at radius 3 is 2.35 bits per heavy atom. The molecule has 0 fully saturated rings. The molecule has 2 aromatic carbocycles. The van der Waals surface area contributed by atoms with E-state index in [9.17, 15) is 16.8 Å². The topological polar surface area (TPSA) is 102 Å². The molecule has 10 heteroatoms. The van der Waals surface area contributed by atoms with E-state index in [4.69, 9.17) is 4.74 Å². The maximum Gasteiger partial charge on any atom is 0.263 e. The molecule has 0 amide bonds. The third-order valence-electron chi connectivity index (χ3n) is 3.69. The van der Waals surface area contributed by atoms with Crippen LogP contribution in [0.1, 0.15) is 5.56 Å². The van der Waals surface area contributed by atoms with Crippen molar-refractivity contribution in [2.45, 2.75) is 16.7 Å². The summed E-state index contributed by atoms with van der Waals surface area (Å²) in [5.74, 6) is 0.595. The first-order chi connectivity index (χ1) is 12.1. The number of sulfonamides is 1. The van der Waals surface area contributed by atoms with Gasteiger partial charge in [-0.3, -0.25) is 4.72 Å². The lowest BCUT2D eigenvalue weighted by atomic mass is 10.2. The van der Waals surface area contributed by atoms with E-state index in [0.29, 0.717) is 21.5 Å². The van der Waals surface area contributed by atoms with Gasteiger partial charge in [-0.25, -0.2) is 21.8 Å². The summed E-state index contributed by atoms with van der Waals surface area (Å²) in [7, 11) is -5.65. The fourth-order valence-corrected chi connectivity index (χ4v) is 5.32. The van der Waals surface area contributed by atoms with Crippen LogP contribution in [0.15, 0.2) is 46.2 Å². The number of fused-ring (bicyclic) bond motifs is 1. The number of sulfone groups is 1. The first kappa shape index (κ1) is 18.6. The molecular formula is C16H16N2O5S3. The Bertz CT molecular complexity index is 1200. The van der Waals surface area contributed by atoms with Gasteiger partial charge in [-0.1, -0.05) is 11.3 Å². The molecule has 3 aromatic rings. The SMILES string of the molecule is COc1ccc(S(=O)(=O)Nc2nc3ccc(S(C)(=O)=O)cc3s2)cc1C. The molecule has 0 unspecified atom stereocenters. The van der Waals surface area contributed by atoms with E-state index in [1.165, 1.54) is 31.4 Å². The lowest BCUT2D eigenvalue weighted by Gasteiger charge is -2.08. The minimum Gasteiger partial charge on any atom is -0.496 e. The smallest absolute Gasteiger partial charge is 0.263 e. The van der Waals surface area contributed by atoms with Crippen LogP contribution in [0, 0.1) is 6.92 Å². The number of anilines is 1. The van der Waals surface area contributed by atoms with Crippen molar-refractivity contribution in [2.75, 3.05) is 18.1 Å². The van der Waals surface area contributed by atoms with Gasteiger partial charge in [-0.05, 0) is 48.9 Å². The van der Waals surface area contributed by atoms with Gasteiger partial charge in [0.1, 0.15) is 5.75 Å². The number of thiazole rings is 1. The Morgan fingerprint density at radius 2 is 1.73 bits per heavy atom. The van der Waals surface area contributed by atoms with Crippen molar-refractivity contribution in [3.63, 3.8) is 0 Å². The molecule has 0 saturated heterocycles. The summed E-state index contributed by atoms with van der Waals surface area (Å²) in [6.07, 6.45) is 1.12. The van der Waals surface area contributed by atoms with Crippen LogP contribution in [0.25, 0.3) is 10.2 Å². The fraction of sp³-hybridized carbons (Fsp3) is 0.188. The molecule has 0 atom stereocenters. The van der Waals surface area contributed by atoms with Crippen LogP contribution in [0.2, 0.25) is 0 Å². The zero-order chi connectivity index (χ0) is 19.1. The van der Waals surface area contributed by atoms with Gasteiger partial charge in [0.25, 0.3) is 10.0 Å². The molecule has 138 valence electrons. The van der Waals surface area contributed by atoms with Crippen molar-refractivity contribution < 1.29 is 21.6 Å². The molecule has 0 bridgehead atoms. The van der Waals surface area contributed by atoms with E-state index in [0.717, 1.165) is 17.6 Å². The van der Waals surface area contributed by atoms with E-state index >= 15 is 0 Å². The van der Waals surface area contributed by atoms with Crippen molar-refractivity contribution in [2.24, 2.45) is 0 Å². The number of hydrogen-bond acceptors (Lipinski definition) is 7. The molecule has 1 N–H and O–H groups in total. The number of nitrogens with zero attached hydrogens (tertiary/aromatic N) is 1. The molecule has 0 radical (unpaired) electrons. The first-order valence-corrected chi connectivity index (χ1v) is 11.6. The van der Waals surface area contributed by atoms with E-state index in [-0.39, 0.29) is 14.9 Å². The third-order valence-corrected chi connectivity index (χ3v) is 7.20. The summed E-state index contributed by atoms with van der Waals surface area (Å²) in [5.41, 5.74) is 1.21. The van der Waals surface area contributed by atoms with Crippen molar-refractivity contribution in [1.82, 2.24) is 4.98 Å². The van der Waals surface area contributed by atoms with Crippen molar-refractivity contribution in [3.8, 4) is 5.75 Å². The van der Waals surface area contributed by atoms with Gasteiger partial charge < -0.3 is 4.74 Å². The highest BCUT2D eigenvalue weighted by Crippen LogP contribution is 2.30. The van der Waals surface area contributed by atoms with E-state index in [1.54, 1.807) is 19.1 Å². The van der Waals surface area contributed by atoms with Crippen LogP contribution < -0.4 is 9.46 Å². The predicted molar refractivity (Wildman–Crippen MR) is 101 cm³/mol. The van der Waals surface area contributed by atoms with E-state index in [1.807, 2.05) is 0 Å². The Labute approximate surface area is 155 Å². The van der Waals surface area contributed by atoms with E-state index in [2.05, 4.69) is 9.71 Å². The highest BCUT2D eigenvalue weighted by molar-refractivity contribution is 7.93. The first-order valence-electron chi connectivity index (χ1n) is 7.38. The molecule has 0 aliphatic carbocycles. The highest BCUT2D eigenvalue weighted by Gasteiger charge is 2.18. The highest BCUT2D eigenvalue weighted by atomic mass is 32.2. The van der Waals surface area contributed by atoms with Crippen molar-refractivity contribution in [1.29, 1.82) is 0 Å². The molecule has 0 aliphatic rings. The average molecular weight is 413 g/mol. The largest absolute Gasteiger partial charge is 0.496 e. The van der Waals surface area contributed by atoms with Crippen LogP contribution in [0.4, 0.5) is 5.13 Å². The number of benzene rings is 2. The van der Waals surface area contributed by atoms with Crippen molar-refractivity contribution in [3.05, 3.63) is 42.0 Å². The molecule has 3 rings (SSSR count). The van der Waals surface area contributed by atoms with Crippen LogP contribution >= 0.6 is 11.3 Å². The minimum atomic E-state index is -3.82. The molecule has 1 heterocycles. The summed E-state index contributed by atoms with van der Waals surface area (Å²) in [5, 5.41) is 0.166. The third kappa shape index (κ3) is 3.67. The van der Waals surface area contributed by atoms with Gasteiger partial charge in [0, 0.05) is 6.26 Å². The summed E-state index contributed by atoms with van der Waals surface area (Å²) in [4.78, 5) is 4.46. The zero-order valence-corrected chi connectivity index (χ0v) is 16.6. The van der Waals surface area contributed by atoms with Crippen LogP contribution in [-0.4, -0.2) is 35.2 Å². The number of methoxy groups -OCH3 is 1. The molecule has 26 heavy (non-hydrogen) atoms. The van der Waals surface area contributed by atoms with Crippen LogP contribution in [-0.2, 0) is 19.9 Å². The van der Waals surface area contributed by atoms with Gasteiger partial charge in [-0.15, -0.1) is 0 Å². The lowest BCUT2D eigenvalue weighted by molar-refractivity contribution is 0.411. The van der Waals surface area contributed by atoms with Crippen LogP contribution in [0.3, 0.4) is 0 Å². The van der Waals surface area contributed by atoms with Gasteiger partial charge in [0.2, 0.25) is 0 Å². The summed E-state index contributed by atoms with van der Waals surface area (Å²) >= 11 is 1.07. The Kier molecular flexibility index (Phi) is 4.67. The predicted octanol–water partition coefficient (Wildman–Crippen LogP) is 2.82. The molecule has 0 saturated carbocycles. The molecule has 7 nitrogen and oxygen atoms in total. The molecular weight excluding hydrogens is 396 g/mol. The number of ether oxygens (including phenoxy) is 1. The second-order valence-corrected chi connectivity index (χ2v) is 10.4. The summed E-state index contributed by atoms with van der Waals surface area (Å²) in [6, 6.07) is 9.03. The summed E-state index contributed by atoms with van der Waals surface area (Å²) < 4.78 is 56.6. The average Bonchev–Trinajstić information content (AvgIpc) is 2.94. The maximum absolute atomic E-state index is 12.6. The lowest BCUT2D eigenvalue weighted by Crippen LogP contribution is -2.13. The number of nitrogens with one attached hydrogen (secondary N) is 1. The van der Waals surface area contributed by atoms with Crippen molar-refractivity contribution >= 4 is 46.5 Å². The van der Waals surface area contributed by atoms with E-state index < -0.39 is 19.9 Å². The number of rotatable bonds is 5. The summed E-state index contributed by atoms with van der Waals surface area (Å²) in [6.45, 7) is 1.75.